The normalized spacial score (nSPS) is 15.3. The molecule has 0 aromatic heterocycles. The second kappa shape index (κ2) is 6.45. The highest BCUT2D eigenvalue weighted by molar-refractivity contribution is 5.76. The van der Waals surface area contributed by atoms with Crippen LogP contribution in [-0.4, -0.2) is 36.4 Å². The predicted octanol–water partition coefficient (Wildman–Crippen LogP) is 0.655. The molecule has 114 valence electrons. The number of benzene rings is 1. The van der Waals surface area contributed by atoms with Crippen molar-refractivity contribution >= 4 is 11.9 Å². The van der Waals surface area contributed by atoms with Gasteiger partial charge in [-0.2, -0.15) is 0 Å². The summed E-state index contributed by atoms with van der Waals surface area (Å²) in [5, 5.41) is 15.0. The largest absolute Gasteiger partial charge is 0.480 e. The Bertz CT molecular complexity index is 546. The smallest absolute Gasteiger partial charge is 0.325 e. The van der Waals surface area contributed by atoms with Crippen LogP contribution in [0.5, 0.6) is 11.5 Å². The summed E-state index contributed by atoms with van der Waals surface area (Å²) < 4.78 is 10.4. The van der Waals surface area contributed by atoms with Gasteiger partial charge in [0.2, 0.25) is 12.7 Å². The Hall–Kier alpha value is -2.28. The second-order valence-corrected chi connectivity index (χ2v) is 4.89. The molecule has 0 saturated carbocycles. The van der Waals surface area contributed by atoms with Gasteiger partial charge in [-0.25, -0.2) is 0 Å². The van der Waals surface area contributed by atoms with Crippen molar-refractivity contribution < 1.29 is 24.2 Å². The highest BCUT2D eigenvalue weighted by atomic mass is 16.7. The van der Waals surface area contributed by atoms with Crippen molar-refractivity contribution in [2.45, 2.75) is 25.9 Å². The van der Waals surface area contributed by atoms with Gasteiger partial charge in [-0.1, -0.05) is 6.07 Å². The Labute approximate surface area is 122 Å². The average Bonchev–Trinajstić information content (AvgIpc) is 2.85. The fourth-order valence-corrected chi connectivity index (χ4v) is 2.13. The van der Waals surface area contributed by atoms with Gasteiger partial charge in [-0.15, -0.1) is 0 Å². The van der Waals surface area contributed by atoms with Crippen LogP contribution in [0.2, 0.25) is 0 Å². The SMILES string of the molecule is CC(=O)NC(C)CNC(C(=O)O)c1ccc2c(c1)OCO2. The van der Waals surface area contributed by atoms with E-state index in [0.29, 0.717) is 23.6 Å². The number of hydrogen-bond acceptors (Lipinski definition) is 5. The number of fused-ring (bicyclic) bond motifs is 1. The van der Waals surface area contributed by atoms with Crippen LogP contribution in [0.1, 0.15) is 25.5 Å². The number of ether oxygens (including phenoxy) is 2. The number of carboxylic acids is 1. The Kier molecular flexibility index (Phi) is 4.64. The molecule has 1 aromatic carbocycles. The zero-order valence-corrected chi connectivity index (χ0v) is 11.9. The van der Waals surface area contributed by atoms with Gasteiger partial charge in [-0.3, -0.25) is 14.9 Å². The number of carbonyl (C=O) groups is 2. The van der Waals surface area contributed by atoms with Crippen LogP contribution in [0.25, 0.3) is 0 Å². The Morgan fingerprint density at radius 2 is 2.05 bits per heavy atom. The second-order valence-electron chi connectivity index (χ2n) is 4.89. The minimum atomic E-state index is -0.996. The summed E-state index contributed by atoms with van der Waals surface area (Å²) >= 11 is 0. The number of carbonyl (C=O) groups excluding carboxylic acids is 1. The number of hydrogen-bond donors (Lipinski definition) is 3. The maximum atomic E-state index is 11.4. The van der Waals surface area contributed by atoms with Crippen LogP contribution in [0.15, 0.2) is 18.2 Å². The van der Waals surface area contributed by atoms with Crippen LogP contribution in [0.3, 0.4) is 0 Å². The van der Waals surface area contributed by atoms with Gasteiger partial charge in [0, 0.05) is 19.5 Å². The van der Waals surface area contributed by atoms with Crippen molar-refractivity contribution in [3.8, 4) is 11.5 Å². The lowest BCUT2D eigenvalue weighted by molar-refractivity contribution is -0.139. The van der Waals surface area contributed by atoms with Gasteiger partial charge < -0.3 is 19.9 Å². The summed E-state index contributed by atoms with van der Waals surface area (Å²) in [5.41, 5.74) is 0.571. The summed E-state index contributed by atoms with van der Waals surface area (Å²) in [6, 6.07) is 3.97. The fraction of sp³-hybridized carbons (Fsp3) is 0.429. The van der Waals surface area contributed by atoms with E-state index in [4.69, 9.17) is 9.47 Å². The van der Waals surface area contributed by atoms with Crippen LogP contribution in [0, 0.1) is 0 Å². The zero-order valence-electron chi connectivity index (χ0n) is 11.9. The topological polar surface area (TPSA) is 96.9 Å². The highest BCUT2D eigenvalue weighted by Gasteiger charge is 2.23. The lowest BCUT2D eigenvalue weighted by atomic mass is 10.1. The third-order valence-corrected chi connectivity index (χ3v) is 3.05. The molecule has 2 unspecified atom stereocenters. The molecule has 0 bridgehead atoms. The van der Waals surface area contributed by atoms with Crippen molar-refractivity contribution in [1.29, 1.82) is 0 Å². The molecule has 7 heteroatoms. The van der Waals surface area contributed by atoms with Crippen LogP contribution in [-0.2, 0) is 9.59 Å². The summed E-state index contributed by atoms with van der Waals surface area (Å²) in [4.78, 5) is 22.4. The van der Waals surface area contributed by atoms with E-state index in [-0.39, 0.29) is 18.7 Å². The molecule has 1 heterocycles. The predicted molar refractivity (Wildman–Crippen MR) is 74.2 cm³/mol. The van der Waals surface area contributed by atoms with Gasteiger partial charge in [0.15, 0.2) is 11.5 Å². The standard InChI is InChI=1S/C14H18N2O5/c1-8(16-9(2)17)6-15-13(14(18)19)10-3-4-11-12(5-10)21-7-20-11/h3-5,8,13,15H,6-7H2,1-2H3,(H,16,17)(H,18,19). The molecule has 7 nitrogen and oxygen atoms in total. The molecule has 1 amide bonds. The Morgan fingerprint density at radius 1 is 1.33 bits per heavy atom. The first-order chi connectivity index (χ1) is 9.97. The summed E-state index contributed by atoms with van der Waals surface area (Å²) in [7, 11) is 0. The van der Waals surface area contributed by atoms with Crippen molar-refractivity contribution in [2.24, 2.45) is 0 Å². The van der Waals surface area contributed by atoms with E-state index in [1.165, 1.54) is 6.92 Å². The first-order valence-electron chi connectivity index (χ1n) is 6.60. The number of nitrogens with one attached hydrogen (secondary N) is 2. The van der Waals surface area contributed by atoms with Gasteiger partial charge in [0.1, 0.15) is 6.04 Å². The van der Waals surface area contributed by atoms with E-state index >= 15 is 0 Å². The maximum Gasteiger partial charge on any atom is 0.325 e. The monoisotopic (exact) mass is 294 g/mol. The third-order valence-electron chi connectivity index (χ3n) is 3.05. The van der Waals surface area contributed by atoms with E-state index < -0.39 is 12.0 Å². The molecular formula is C14H18N2O5. The zero-order chi connectivity index (χ0) is 15.4. The number of amides is 1. The van der Waals surface area contributed by atoms with E-state index in [1.54, 1.807) is 25.1 Å². The Balaban J connectivity index is 2.05. The maximum absolute atomic E-state index is 11.4. The molecule has 0 spiro atoms. The van der Waals surface area contributed by atoms with Gasteiger partial charge in [0.05, 0.1) is 0 Å². The summed E-state index contributed by atoms with van der Waals surface area (Å²) in [6.45, 7) is 3.70. The van der Waals surface area contributed by atoms with Gasteiger partial charge in [-0.05, 0) is 24.6 Å². The van der Waals surface area contributed by atoms with E-state index in [9.17, 15) is 14.7 Å². The summed E-state index contributed by atoms with van der Waals surface area (Å²) in [5.74, 6) is -0.00638. The number of carboxylic acid groups (broad SMARTS) is 1. The van der Waals surface area contributed by atoms with Gasteiger partial charge >= 0.3 is 5.97 Å². The molecule has 21 heavy (non-hydrogen) atoms. The van der Waals surface area contributed by atoms with Crippen LogP contribution >= 0.6 is 0 Å². The molecule has 2 atom stereocenters. The number of aliphatic carboxylic acids is 1. The molecule has 1 aliphatic rings. The molecule has 1 aromatic rings. The fourth-order valence-electron chi connectivity index (χ4n) is 2.13. The van der Waals surface area contributed by atoms with Gasteiger partial charge in [0.25, 0.3) is 0 Å². The first kappa shape index (κ1) is 15.1. The average molecular weight is 294 g/mol. The summed E-state index contributed by atoms with van der Waals surface area (Å²) in [6.07, 6.45) is 0. The quantitative estimate of drug-likeness (QED) is 0.713. The lowest BCUT2D eigenvalue weighted by Gasteiger charge is -2.19. The minimum absolute atomic E-state index is 0.142. The minimum Gasteiger partial charge on any atom is -0.480 e. The van der Waals surface area contributed by atoms with Crippen molar-refractivity contribution in [3.05, 3.63) is 23.8 Å². The molecule has 0 aliphatic carbocycles. The molecule has 0 fully saturated rings. The van der Waals surface area contributed by atoms with Crippen LogP contribution < -0.4 is 20.1 Å². The molecule has 0 radical (unpaired) electrons. The Morgan fingerprint density at radius 3 is 2.71 bits per heavy atom. The molecule has 1 aliphatic heterocycles. The van der Waals surface area contributed by atoms with Crippen molar-refractivity contribution in [2.75, 3.05) is 13.3 Å². The van der Waals surface area contributed by atoms with E-state index in [1.807, 2.05) is 0 Å². The number of rotatable bonds is 6. The molecule has 3 N–H and O–H groups in total. The van der Waals surface area contributed by atoms with E-state index in [2.05, 4.69) is 10.6 Å². The van der Waals surface area contributed by atoms with Crippen molar-refractivity contribution in [1.82, 2.24) is 10.6 Å². The van der Waals surface area contributed by atoms with Crippen molar-refractivity contribution in [3.63, 3.8) is 0 Å². The van der Waals surface area contributed by atoms with E-state index in [0.717, 1.165) is 0 Å². The molecular weight excluding hydrogens is 276 g/mol. The third kappa shape index (κ3) is 3.85. The van der Waals surface area contributed by atoms with Crippen LogP contribution in [0.4, 0.5) is 0 Å². The lowest BCUT2D eigenvalue weighted by Crippen LogP contribution is -2.41. The highest BCUT2D eigenvalue weighted by Crippen LogP contribution is 2.34. The first-order valence-corrected chi connectivity index (χ1v) is 6.60. The molecule has 2 rings (SSSR count). The molecule has 0 saturated heterocycles.